The van der Waals surface area contributed by atoms with Crippen molar-refractivity contribution in [2.75, 3.05) is 31.6 Å². The van der Waals surface area contributed by atoms with Crippen LogP contribution >= 0.6 is 0 Å². The van der Waals surface area contributed by atoms with E-state index in [0.717, 1.165) is 11.1 Å². The van der Waals surface area contributed by atoms with Crippen LogP contribution in [-0.4, -0.2) is 58.5 Å². The van der Waals surface area contributed by atoms with Gasteiger partial charge in [0.1, 0.15) is 11.9 Å². The molecule has 1 amide bonds. The van der Waals surface area contributed by atoms with E-state index in [9.17, 15) is 18.0 Å². The number of alkyl halides is 3. The van der Waals surface area contributed by atoms with Gasteiger partial charge in [-0.15, -0.1) is 0 Å². The van der Waals surface area contributed by atoms with Gasteiger partial charge in [0.05, 0.1) is 30.0 Å². The van der Waals surface area contributed by atoms with Gasteiger partial charge in [0.2, 0.25) is 0 Å². The van der Waals surface area contributed by atoms with Crippen LogP contribution in [0.4, 0.5) is 19.0 Å². The van der Waals surface area contributed by atoms with E-state index in [0.29, 0.717) is 43.3 Å². The van der Waals surface area contributed by atoms with Gasteiger partial charge in [0.15, 0.2) is 0 Å². The van der Waals surface area contributed by atoms with Crippen molar-refractivity contribution >= 4 is 11.7 Å². The summed E-state index contributed by atoms with van der Waals surface area (Å²) in [6, 6.07) is 1.79. The van der Waals surface area contributed by atoms with Gasteiger partial charge in [0.25, 0.3) is 5.91 Å². The molecule has 2 aliphatic heterocycles. The topological polar surface area (TPSA) is 63.5 Å². The molecule has 2 aromatic heterocycles. The van der Waals surface area contributed by atoms with Gasteiger partial charge in [-0.25, -0.2) is 4.98 Å². The Morgan fingerprint density at radius 1 is 1.23 bits per heavy atom. The summed E-state index contributed by atoms with van der Waals surface area (Å²) in [6.07, 6.45) is -0.625. The molecule has 3 aliphatic rings. The van der Waals surface area contributed by atoms with Crippen LogP contribution in [-0.2, 0) is 18.3 Å². The van der Waals surface area contributed by atoms with Crippen LogP contribution in [0.1, 0.15) is 52.0 Å². The number of fused-ring (bicyclic) bond motifs is 1. The standard InChI is InChI=1S/C21H24F3N5O2/c1-27-10-16-15(20(27)30)7-18(26-19(16)12-5-14(6-12)21(22,23)24)29-3-4-31-17(11-29)13-8-25-28(2)9-13/h7-9,12,14,17H,3-6,10-11H2,1-2H3/t12-,14+,17-/m1/s1. The van der Waals surface area contributed by atoms with E-state index in [1.54, 1.807) is 28.9 Å². The van der Waals surface area contributed by atoms with E-state index in [4.69, 9.17) is 9.72 Å². The summed E-state index contributed by atoms with van der Waals surface area (Å²) in [4.78, 5) is 21.1. The van der Waals surface area contributed by atoms with E-state index in [-0.39, 0.29) is 30.8 Å². The van der Waals surface area contributed by atoms with Crippen LogP contribution < -0.4 is 4.90 Å². The molecule has 0 unspecified atom stereocenters. The highest BCUT2D eigenvalue weighted by Gasteiger charge is 2.49. The summed E-state index contributed by atoms with van der Waals surface area (Å²) in [7, 11) is 3.55. The molecule has 5 rings (SSSR count). The molecule has 7 nitrogen and oxygen atoms in total. The summed E-state index contributed by atoms with van der Waals surface area (Å²) < 4.78 is 46.8. The number of hydrogen-bond acceptors (Lipinski definition) is 5. The zero-order chi connectivity index (χ0) is 21.9. The van der Waals surface area contributed by atoms with Gasteiger partial charge in [0, 0.05) is 57.0 Å². The second-order valence-corrected chi connectivity index (χ2v) is 8.71. The number of pyridine rings is 1. The third-order valence-corrected chi connectivity index (χ3v) is 6.59. The summed E-state index contributed by atoms with van der Waals surface area (Å²) in [5.74, 6) is -1.03. The van der Waals surface area contributed by atoms with Gasteiger partial charge in [-0.3, -0.25) is 9.48 Å². The van der Waals surface area contributed by atoms with Crippen LogP contribution in [0.15, 0.2) is 18.5 Å². The molecule has 0 aromatic carbocycles. The Hall–Kier alpha value is -2.62. The molecule has 0 bridgehead atoms. The molecule has 0 N–H and O–H groups in total. The summed E-state index contributed by atoms with van der Waals surface area (Å²) in [5, 5.41) is 4.20. The molecule has 31 heavy (non-hydrogen) atoms. The Morgan fingerprint density at radius 2 is 2.00 bits per heavy atom. The average Bonchev–Trinajstić information content (AvgIpc) is 3.24. The van der Waals surface area contributed by atoms with E-state index in [1.807, 2.05) is 13.2 Å². The van der Waals surface area contributed by atoms with Gasteiger partial charge in [-0.05, 0) is 18.9 Å². The minimum Gasteiger partial charge on any atom is -0.370 e. The normalized spacial score (nSPS) is 26.2. The zero-order valence-corrected chi connectivity index (χ0v) is 17.4. The van der Waals surface area contributed by atoms with Crippen molar-refractivity contribution in [2.24, 2.45) is 13.0 Å². The highest BCUT2D eigenvalue weighted by Crippen LogP contribution is 2.51. The second-order valence-electron chi connectivity index (χ2n) is 8.71. The number of amides is 1. The van der Waals surface area contributed by atoms with Crippen LogP contribution in [0, 0.1) is 5.92 Å². The van der Waals surface area contributed by atoms with Gasteiger partial charge < -0.3 is 14.5 Å². The molecular formula is C21H24F3N5O2. The Balaban J connectivity index is 1.45. The Bertz CT molecular complexity index is 1010. The fourth-order valence-electron chi connectivity index (χ4n) is 4.72. The lowest BCUT2D eigenvalue weighted by Gasteiger charge is -2.38. The van der Waals surface area contributed by atoms with Crippen LogP contribution in [0.2, 0.25) is 0 Å². The first-order valence-electron chi connectivity index (χ1n) is 10.4. The van der Waals surface area contributed by atoms with Crippen molar-refractivity contribution < 1.29 is 22.7 Å². The lowest BCUT2D eigenvalue weighted by Crippen LogP contribution is -2.39. The zero-order valence-electron chi connectivity index (χ0n) is 17.4. The Kier molecular flexibility index (Phi) is 4.72. The predicted octanol–water partition coefficient (Wildman–Crippen LogP) is 3.03. The first kappa shape index (κ1) is 20.3. The lowest BCUT2D eigenvalue weighted by molar-refractivity contribution is -0.197. The summed E-state index contributed by atoms with van der Waals surface area (Å²) in [6.45, 7) is 2.02. The van der Waals surface area contributed by atoms with Crippen molar-refractivity contribution in [2.45, 2.75) is 37.6 Å². The smallest absolute Gasteiger partial charge is 0.370 e. The third-order valence-electron chi connectivity index (χ3n) is 6.59. The molecule has 4 heterocycles. The summed E-state index contributed by atoms with van der Waals surface area (Å²) in [5.41, 5.74) is 2.94. The Morgan fingerprint density at radius 3 is 2.68 bits per heavy atom. The maximum Gasteiger partial charge on any atom is 0.391 e. The van der Waals surface area contributed by atoms with Crippen LogP contribution in [0.25, 0.3) is 0 Å². The Labute approximate surface area is 177 Å². The minimum atomic E-state index is -4.18. The number of hydrogen-bond donors (Lipinski definition) is 0. The number of aromatic nitrogens is 3. The fourth-order valence-corrected chi connectivity index (χ4v) is 4.72. The first-order valence-corrected chi connectivity index (χ1v) is 10.4. The molecule has 2 fully saturated rings. The van der Waals surface area contributed by atoms with Crippen molar-refractivity contribution in [1.29, 1.82) is 0 Å². The van der Waals surface area contributed by atoms with Gasteiger partial charge in [-0.2, -0.15) is 18.3 Å². The number of carbonyl (C=O) groups excluding carboxylic acids is 1. The number of morpholine rings is 1. The van der Waals surface area contributed by atoms with E-state index in [1.165, 1.54) is 0 Å². The molecule has 1 saturated heterocycles. The van der Waals surface area contributed by atoms with Crippen molar-refractivity contribution in [1.82, 2.24) is 19.7 Å². The fraction of sp³-hybridized carbons (Fsp3) is 0.571. The number of aryl methyl sites for hydroxylation is 1. The molecular weight excluding hydrogens is 411 g/mol. The molecule has 166 valence electrons. The number of carbonyl (C=O) groups is 1. The molecule has 1 aliphatic carbocycles. The molecule has 1 atom stereocenters. The highest BCUT2D eigenvalue weighted by molar-refractivity contribution is 5.99. The summed E-state index contributed by atoms with van der Waals surface area (Å²) >= 11 is 0. The number of anilines is 1. The van der Waals surface area contributed by atoms with E-state index < -0.39 is 12.1 Å². The van der Waals surface area contributed by atoms with Crippen molar-refractivity contribution in [3.8, 4) is 0 Å². The molecule has 0 radical (unpaired) electrons. The van der Waals surface area contributed by atoms with Gasteiger partial charge in [-0.1, -0.05) is 0 Å². The highest BCUT2D eigenvalue weighted by atomic mass is 19.4. The van der Waals surface area contributed by atoms with E-state index in [2.05, 4.69) is 10.00 Å². The van der Waals surface area contributed by atoms with E-state index >= 15 is 0 Å². The van der Waals surface area contributed by atoms with Crippen LogP contribution in [0.5, 0.6) is 0 Å². The maximum absolute atomic E-state index is 13.1. The monoisotopic (exact) mass is 435 g/mol. The SMILES string of the molecule is CN1Cc2c(cc(N3CCO[C@@H](c4cnn(C)c4)C3)nc2[C@H]2C[C@@H](C(F)(F)F)C2)C1=O. The number of halogens is 3. The van der Waals surface area contributed by atoms with Crippen molar-refractivity contribution in [3.05, 3.63) is 40.8 Å². The average molecular weight is 435 g/mol. The molecule has 10 heteroatoms. The number of rotatable bonds is 3. The minimum absolute atomic E-state index is 0.0335. The molecule has 1 saturated carbocycles. The third kappa shape index (κ3) is 3.56. The first-order chi connectivity index (χ1) is 14.7. The number of nitrogens with zero attached hydrogens (tertiary/aromatic N) is 5. The van der Waals surface area contributed by atoms with Crippen molar-refractivity contribution in [3.63, 3.8) is 0 Å². The quantitative estimate of drug-likeness (QED) is 0.742. The predicted molar refractivity (Wildman–Crippen MR) is 106 cm³/mol. The molecule has 2 aromatic rings. The van der Waals surface area contributed by atoms with Crippen LogP contribution in [0.3, 0.4) is 0 Å². The number of ether oxygens (including phenoxy) is 1. The maximum atomic E-state index is 13.1. The van der Waals surface area contributed by atoms with Gasteiger partial charge >= 0.3 is 6.18 Å². The largest absolute Gasteiger partial charge is 0.391 e. The lowest BCUT2D eigenvalue weighted by atomic mass is 9.71. The molecule has 0 spiro atoms. The second kappa shape index (κ2) is 7.22.